The fraction of sp³-hybridized carbons (Fsp3) is 0.846. The third-order valence-corrected chi connectivity index (χ3v) is 3.65. The second kappa shape index (κ2) is 8.09. The van der Waals surface area contributed by atoms with Gasteiger partial charge in [-0.2, -0.15) is 13.2 Å². The Morgan fingerprint density at radius 1 is 1.19 bits per heavy atom. The van der Waals surface area contributed by atoms with E-state index in [4.69, 9.17) is 5.11 Å². The van der Waals surface area contributed by atoms with Crippen molar-refractivity contribution in [3.05, 3.63) is 0 Å². The number of carbonyl (C=O) groups is 2. The van der Waals surface area contributed by atoms with Gasteiger partial charge in [-0.1, -0.05) is 6.42 Å². The highest BCUT2D eigenvalue weighted by atomic mass is 19.4. The van der Waals surface area contributed by atoms with Gasteiger partial charge in [0.2, 0.25) is 0 Å². The van der Waals surface area contributed by atoms with Crippen molar-refractivity contribution in [1.82, 2.24) is 10.6 Å². The number of aliphatic carboxylic acids is 1. The molecule has 0 aromatic heterocycles. The minimum Gasteiger partial charge on any atom is -0.481 e. The van der Waals surface area contributed by atoms with E-state index in [1.165, 1.54) is 0 Å². The Hall–Kier alpha value is -1.47. The summed E-state index contributed by atoms with van der Waals surface area (Å²) in [5.74, 6) is -2.36. The monoisotopic (exact) mass is 310 g/mol. The van der Waals surface area contributed by atoms with Gasteiger partial charge in [0.25, 0.3) is 0 Å². The molecule has 0 aliphatic heterocycles. The van der Waals surface area contributed by atoms with E-state index in [0.29, 0.717) is 19.3 Å². The van der Waals surface area contributed by atoms with Crippen molar-refractivity contribution in [1.29, 1.82) is 0 Å². The largest absolute Gasteiger partial charge is 0.481 e. The SMILES string of the molecule is O=C(O)CCCNC(=O)NCC1CCCC(C(F)(F)F)C1. The number of halogens is 3. The first kappa shape index (κ1) is 17.6. The Labute approximate surface area is 121 Å². The summed E-state index contributed by atoms with van der Waals surface area (Å²) in [4.78, 5) is 21.7. The molecule has 8 heteroatoms. The first-order valence-corrected chi connectivity index (χ1v) is 7.09. The Morgan fingerprint density at radius 2 is 1.90 bits per heavy atom. The number of carboxylic acid groups (broad SMARTS) is 1. The minimum absolute atomic E-state index is 0.0316. The number of carbonyl (C=O) groups excluding carboxylic acids is 1. The van der Waals surface area contributed by atoms with Crippen LogP contribution in [0.4, 0.5) is 18.0 Å². The molecule has 0 radical (unpaired) electrons. The molecule has 3 N–H and O–H groups in total. The topological polar surface area (TPSA) is 78.4 Å². The lowest BCUT2D eigenvalue weighted by atomic mass is 9.81. The van der Waals surface area contributed by atoms with Gasteiger partial charge in [0, 0.05) is 19.5 Å². The van der Waals surface area contributed by atoms with E-state index < -0.39 is 24.1 Å². The van der Waals surface area contributed by atoms with Crippen molar-refractivity contribution in [3.63, 3.8) is 0 Å². The van der Waals surface area contributed by atoms with Crippen LogP contribution in [-0.4, -0.2) is 36.4 Å². The summed E-state index contributed by atoms with van der Waals surface area (Å²) in [5.41, 5.74) is 0. The standard InChI is InChI=1S/C13H21F3N2O3/c14-13(15,16)10-4-1-3-9(7-10)8-18-12(21)17-6-2-5-11(19)20/h9-10H,1-8H2,(H,19,20)(H2,17,18,21). The average molecular weight is 310 g/mol. The lowest BCUT2D eigenvalue weighted by molar-refractivity contribution is -0.185. The van der Waals surface area contributed by atoms with Gasteiger partial charge in [0.15, 0.2) is 0 Å². The van der Waals surface area contributed by atoms with Gasteiger partial charge >= 0.3 is 18.2 Å². The van der Waals surface area contributed by atoms with Crippen LogP contribution in [0.5, 0.6) is 0 Å². The zero-order chi connectivity index (χ0) is 15.9. The fourth-order valence-corrected chi connectivity index (χ4v) is 2.51. The maximum Gasteiger partial charge on any atom is 0.391 e. The molecule has 0 aromatic rings. The Balaban J connectivity index is 2.19. The minimum atomic E-state index is -4.15. The van der Waals surface area contributed by atoms with Gasteiger partial charge in [-0.05, 0) is 31.6 Å². The molecule has 0 saturated heterocycles. The number of hydrogen-bond acceptors (Lipinski definition) is 2. The molecule has 1 fully saturated rings. The summed E-state index contributed by atoms with van der Waals surface area (Å²) in [5, 5.41) is 13.5. The van der Waals surface area contributed by atoms with E-state index in [9.17, 15) is 22.8 Å². The predicted molar refractivity (Wildman–Crippen MR) is 69.8 cm³/mol. The summed E-state index contributed by atoms with van der Waals surface area (Å²) in [6.07, 6.45) is -2.43. The molecule has 5 nitrogen and oxygen atoms in total. The molecule has 2 unspecified atom stereocenters. The number of carboxylic acids is 1. The van der Waals surface area contributed by atoms with Crippen LogP contribution in [0.25, 0.3) is 0 Å². The Morgan fingerprint density at radius 3 is 2.52 bits per heavy atom. The van der Waals surface area contributed by atoms with E-state index in [-0.39, 0.29) is 38.3 Å². The molecule has 1 rings (SSSR count). The first-order valence-electron chi connectivity index (χ1n) is 7.09. The molecule has 0 heterocycles. The van der Waals surface area contributed by atoms with Crippen molar-refractivity contribution >= 4 is 12.0 Å². The van der Waals surface area contributed by atoms with Crippen molar-refractivity contribution < 1.29 is 27.9 Å². The maximum absolute atomic E-state index is 12.6. The second-order valence-electron chi connectivity index (χ2n) is 5.41. The van der Waals surface area contributed by atoms with Crippen LogP contribution in [0.3, 0.4) is 0 Å². The highest BCUT2D eigenvalue weighted by molar-refractivity contribution is 5.73. The van der Waals surface area contributed by atoms with Gasteiger partial charge in [-0.3, -0.25) is 4.79 Å². The zero-order valence-electron chi connectivity index (χ0n) is 11.7. The van der Waals surface area contributed by atoms with E-state index in [1.807, 2.05) is 0 Å². The second-order valence-corrected chi connectivity index (χ2v) is 5.41. The smallest absolute Gasteiger partial charge is 0.391 e. The van der Waals surface area contributed by atoms with Crippen LogP contribution in [0.15, 0.2) is 0 Å². The van der Waals surface area contributed by atoms with Crippen molar-refractivity contribution in [3.8, 4) is 0 Å². The molecule has 0 bridgehead atoms. The molecule has 122 valence electrons. The molecule has 1 aliphatic carbocycles. The van der Waals surface area contributed by atoms with E-state index in [1.54, 1.807) is 0 Å². The van der Waals surface area contributed by atoms with Crippen molar-refractivity contribution in [2.45, 2.75) is 44.7 Å². The molecule has 1 aliphatic rings. The highest BCUT2D eigenvalue weighted by Gasteiger charge is 2.42. The van der Waals surface area contributed by atoms with Gasteiger partial charge in [0.05, 0.1) is 5.92 Å². The summed E-state index contributed by atoms with van der Waals surface area (Å²) in [6, 6.07) is -0.463. The van der Waals surface area contributed by atoms with Crippen LogP contribution < -0.4 is 10.6 Å². The Bertz CT molecular complexity index is 361. The van der Waals surface area contributed by atoms with Gasteiger partial charge in [-0.25, -0.2) is 4.79 Å². The van der Waals surface area contributed by atoms with Crippen LogP contribution in [0, 0.1) is 11.8 Å². The molecular weight excluding hydrogens is 289 g/mol. The molecule has 2 amide bonds. The number of rotatable bonds is 6. The quantitative estimate of drug-likeness (QED) is 0.660. The molecule has 21 heavy (non-hydrogen) atoms. The number of amides is 2. The number of alkyl halides is 3. The van der Waals surface area contributed by atoms with Crippen LogP contribution in [-0.2, 0) is 4.79 Å². The number of nitrogens with one attached hydrogen (secondary N) is 2. The molecule has 1 saturated carbocycles. The summed E-state index contributed by atoms with van der Waals surface area (Å²) in [6.45, 7) is 0.450. The third-order valence-electron chi connectivity index (χ3n) is 3.65. The zero-order valence-corrected chi connectivity index (χ0v) is 11.7. The molecule has 2 atom stereocenters. The van der Waals surface area contributed by atoms with Crippen LogP contribution in [0.1, 0.15) is 38.5 Å². The first-order chi connectivity index (χ1) is 9.79. The van der Waals surface area contributed by atoms with E-state index in [0.717, 1.165) is 0 Å². The molecule has 0 spiro atoms. The normalized spacial score (nSPS) is 22.6. The molecule has 0 aromatic carbocycles. The summed E-state index contributed by atoms with van der Waals surface area (Å²) in [7, 11) is 0. The van der Waals surface area contributed by atoms with E-state index in [2.05, 4.69) is 10.6 Å². The summed E-state index contributed by atoms with van der Waals surface area (Å²) < 4.78 is 37.9. The van der Waals surface area contributed by atoms with Crippen molar-refractivity contribution in [2.75, 3.05) is 13.1 Å². The summed E-state index contributed by atoms with van der Waals surface area (Å²) >= 11 is 0. The van der Waals surface area contributed by atoms with Gasteiger partial charge < -0.3 is 15.7 Å². The third kappa shape index (κ3) is 7.19. The van der Waals surface area contributed by atoms with E-state index >= 15 is 0 Å². The van der Waals surface area contributed by atoms with Gasteiger partial charge in [0.1, 0.15) is 0 Å². The predicted octanol–water partition coefficient (Wildman–Crippen LogP) is 2.52. The lowest BCUT2D eigenvalue weighted by Crippen LogP contribution is -2.40. The maximum atomic E-state index is 12.6. The number of hydrogen-bond donors (Lipinski definition) is 3. The molecular formula is C13H21F3N2O3. The fourth-order valence-electron chi connectivity index (χ4n) is 2.51. The van der Waals surface area contributed by atoms with Crippen LogP contribution >= 0.6 is 0 Å². The Kier molecular flexibility index (Phi) is 6.77. The van der Waals surface area contributed by atoms with Gasteiger partial charge in [-0.15, -0.1) is 0 Å². The number of urea groups is 1. The highest BCUT2D eigenvalue weighted by Crippen LogP contribution is 2.39. The van der Waals surface area contributed by atoms with Crippen molar-refractivity contribution in [2.24, 2.45) is 11.8 Å². The van der Waals surface area contributed by atoms with Crippen LogP contribution in [0.2, 0.25) is 0 Å². The lowest BCUT2D eigenvalue weighted by Gasteiger charge is -2.30. The average Bonchev–Trinajstić information content (AvgIpc) is 2.40.